The molecule has 1 heterocycles. The molecular weight excluding hydrogens is 465 g/mol. The number of hydrogen-bond donors (Lipinski definition) is 1. The second kappa shape index (κ2) is 12.8. The van der Waals surface area contributed by atoms with Crippen LogP contribution in [0.15, 0.2) is 65.6 Å². The molecule has 1 radical (unpaired) electrons. The molecule has 0 fully saturated rings. The van der Waals surface area contributed by atoms with Crippen molar-refractivity contribution in [3.05, 3.63) is 71.9 Å². The number of thioether (sulfide) groups is 1. The quantitative estimate of drug-likeness (QED) is 0.290. The maximum atomic E-state index is 11.3. The van der Waals surface area contributed by atoms with Gasteiger partial charge in [-0.15, -0.1) is 11.8 Å². The first-order valence-electron chi connectivity index (χ1n) is 10.4. The molecule has 0 saturated carbocycles. The van der Waals surface area contributed by atoms with Crippen LogP contribution in [0, 0.1) is 6.92 Å². The van der Waals surface area contributed by atoms with Crippen LogP contribution in [0.2, 0.25) is 0 Å². The predicted molar refractivity (Wildman–Crippen MR) is 125 cm³/mol. The number of rotatable bonds is 11. The summed E-state index contributed by atoms with van der Waals surface area (Å²) in [5, 5.41) is 9.23. The van der Waals surface area contributed by atoms with Gasteiger partial charge in [-0.25, -0.2) is 4.79 Å². The molecule has 0 bridgehead atoms. The van der Waals surface area contributed by atoms with Gasteiger partial charge >= 0.3 is 5.97 Å². The van der Waals surface area contributed by atoms with E-state index in [9.17, 15) is 9.90 Å². The number of nitrogens with zero attached hydrogens (tertiary/aromatic N) is 1. The number of ether oxygens (including phenoxy) is 2. The molecule has 3 aromatic rings. The summed E-state index contributed by atoms with van der Waals surface area (Å²) in [7, 11) is 0. The van der Waals surface area contributed by atoms with Crippen LogP contribution >= 0.6 is 11.8 Å². The largest absolute Gasteiger partial charge is 0.492 e. The summed E-state index contributed by atoms with van der Waals surface area (Å²) >= 11 is 1.74. The second-order valence-corrected chi connectivity index (χ2v) is 8.10. The van der Waals surface area contributed by atoms with Gasteiger partial charge in [-0.05, 0) is 67.6 Å². The number of aliphatic carboxylic acids is 1. The predicted octanol–water partition coefficient (Wildman–Crippen LogP) is 5.29. The van der Waals surface area contributed by atoms with Gasteiger partial charge in [-0.3, -0.25) is 0 Å². The Balaban J connectivity index is 0.00000363. The minimum absolute atomic E-state index is 0. The van der Waals surface area contributed by atoms with Crippen molar-refractivity contribution in [2.45, 2.75) is 37.8 Å². The molecule has 0 aliphatic rings. The maximum absolute atomic E-state index is 11.3. The number of benzene rings is 2. The van der Waals surface area contributed by atoms with Gasteiger partial charge in [-0.2, -0.15) is 0 Å². The van der Waals surface area contributed by atoms with Gasteiger partial charge in [-0.1, -0.05) is 24.3 Å². The van der Waals surface area contributed by atoms with Gasteiger partial charge in [0.15, 0.2) is 6.10 Å². The van der Waals surface area contributed by atoms with Crippen LogP contribution in [-0.4, -0.2) is 41.2 Å². The zero-order valence-corrected chi connectivity index (χ0v) is 20.6. The van der Waals surface area contributed by atoms with E-state index in [1.807, 2.05) is 24.3 Å². The van der Waals surface area contributed by atoms with E-state index in [-0.39, 0.29) is 17.1 Å². The average molecular weight is 495 g/mol. The third kappa shape index (κ3) is 6.91. The monoisotopic (exact) mass is 494 g/mol. The summed E-state index contributed by atoms with van der Waals surface area (Å²) in [4.78, 5) is 12.5. The zero-order valence-electron chi connectivity index (χ0n) is 18.6. The fourth-order valence-corrected chi connectivity index (χ4v) is 3.90. The fraction of sp³-hybridized carbons (Fsp3) is 0.320. The average Bonchev–Trinajstić information content (AvgIpc) is 3.15. The standard InChI is InChI=1S/C25H29NO4S.Mn/c1-4-29-24(25(27)28)17-19-6-10-21(11-7-19)30-16-15-26-18(2)5-14-23(26)20-8-12-22(31-3)13-9-20;/h5-14,24H,4,15-17H2,1-3H3,(H,27,28);/t24-;/m0./s1. The molecule has 0 saturated heterocycles. The Bertz CT molecular complexity index is 986. The molecule has 1 atom stereocenters. The van der Waals surface area contributed by atoms with Crippen molar-refractivity contribution in [1.29, 1.82) is 0 Å². The van der Waals surface area contributed by atoms with Crippen LogP contribution in [-0.2, 0) is 39.6 Å². The van der Waals surface area contributed by atoms with Crippen LogP contribution < -0.4 is 4.74 Å². The summed E-state index contributed by atoms with van der Waals surface area (Å²) in [6, 6.07) is 20.4. The third-order valence-corrected chi connectivity index (χ3v) is 5.90. The molecule has 7 heteroatoms. The van der Waals surface area contributed by atoms with E-state index in [1.54, 1.807) is 18.7 Å². The summed E-state index contributed by atoms with van der Waals surface area (Å²) in [6.45, 7) is 5.56. The number of carboxylic acids is 1. The Hall–Kier alpha value is -2.18. The van der Waals surface area contributed by atoms with Crippen molar-refractivity contribution >= 4 is 17.7 Å². The van der Waals surface area contributed by atoms with Gasteiger partial charge < -0.3 is 19.1 Å². The fourth-order valence-electron chi connectivity index (χ4n) is 3.49. The van der Waals surface area contributed by atoms with Crippen molar-refractivity contribution in [1.82, 2.24) is 4.57 Å². The first-order chi connectivity index (χ1) is 15.0. The van der Waals surface area contributed by atoms with E-state index >= 15 is 0 Å². The number of hydrogen-bond acceptors (Lipinski definition) is 4. The first-order valence-corrected chi connectivity index (χ1v) is 11.6. The summed E-state index contributed by atoms with van der Waals surface area (Å²) in [5.74, 6) is -0.175. The Kier molecular flexibility index (Phi) is 10.4. The molecule has 5 nitrogen and oxygen atoms in total. The second-order valence-electron chi connectivity index (χ2n) is 7.22. The summed E-state index contributed by atoms with van der Waals surface area (Å²) in [6.07, 6.45) is 1.59. The van der Waals surface area contributed by atoms with Crippen LogP contribution in [0.3, 0.4) is 0 Å². The minimum atomic E-state index is -0.942. The van der Waals surface area contributed by atoms with Gasteiger partial charge in [0.1, 0.15) is 12.4 Å². The zero-order chi connectivity index (χ0) is 22.2. The normalized spacial score (nSPS) is 11.6. The van der Waals surface area contributed by atoms with Crippen LogP contribution in [0.25, 0.3) is 11.3 Å². The smallest absolute Gasteiger partial charge is 0.333 e. The van der Waals surface area contributed by atoms with Gasteiger partial charge in [0, 0.05) is 46.4 Å². The van der Waals surface area contributed by atoms with E-state index in [2.05, 4.69) is 54.1 Å². The molecule has 1 N–H and O–H groups in total. The first kappa shape index (κ1) is 26.1. The van der Waals surface area contributed by atoms with E-state index < -0.39 is 12.1 Å². The van der Waals surface area contributed by atoms with E-state index in [4.69, 9.17) is 9.47 Å². The molecule has 1 aromatic heterocycles. The van der Waals surface area contributed by atoms with Gasteiger partial charge in [0.2, 0.25) is 0 Å². The molecule has 0 spiro atoms. The van der Waals surface area contributed by atoms with Gasteiger partial charge in [0.05, 0.1) is 6.54 Å². The molecule has 32 heavy (non-hydrogen) atoms. The Labute approximate surface area is 204 Å². The Morgan fingerprint density at radius 3 is 2.34 bits per heavy atom. The van der Waals surface area contributed by atoms with Crippen molar-refractivity contribution in [3.8, 4) is 17.0 Å². The number of aryl methyl sites for hydroxylation is 1. The van der Waals surface area contributed by atoms with Crippen LogP contribution in [0.1, 0.15) is 18.2 Å². The maximum Gasteiger partial charge on any atom is 0.333 e. The Morgan fingerprint density at radius 1 is 1.06 bits per heavy atom. The molecule has 0 amide bonds. The topological polar surface area (TPSA) is 60.7 Å². The molecule has 2 aromatic carbocycles. The van der Waals surface area contributed by atoms with Gasteiger partial charge in [0.25, 0.3) is 0 Å². The SMILES string of the molecule is CCO[C@@H](Cc1ccc(OCCn2c(C)ccc2-c2ccc(SC)cc2)cc1)C(=O)O.[Mn]. The molecule has 0 aliphatic carbocycles. The summed E-state index contributed by atoms with van der Waals surface area (Å²) < 4.78 is 13.5. The summed E-state index contributed by atoms with van der Waals surface area (Å²) in [5.41, 5.74) is 4.47. The molecule has 3 rings (SSSR count). The number of aromatic nitrogens is 1. The van der Waals surface area contributed by atoms with Crippen molar-refractivity contribution in [2.75, 3.05) is 19.5 Å². The van der Waals surface area contributed by atoms with Crippen molar-refractivity contribution in [2.24, 2.45) is 0 Å². The van der Waals surface area contributed by atoms with E-state index in [0.29, 0.717) is 19.6 Å². The third-order valence-electron chi connectivity index (χ3n) is 5.16. The van der Waals surface area contributed by atoms with Crippen LogP contribution in [0.5, 0.6) is 5.75 Å². The molecule has 171 valence electrons. The number of carbonyl (C=O) groups is 1. The molecule has 0 unspecified atom stereocenters. The minimum Gasteiger partial charge on any atom is -0.492 e. The Morgan fingerprint density at radius 2 is 1.75 bits per heavy atom. The van der Waals surface area contributed by atoms with Crippen molar-refractivity contribution < 1.29 is 36.4 Å². The van der Waals surface area contributed by atoms with E-state index in [1.165, 1.54) is 21.8 Å². The van der Waals surface area contributed by atoms with E-state index in [0.717, 1.165) is 17.9 Å². The molecular formula is C25H29MnNO4S. The number of carboxylic acid groups (broad SMARTS) is 1. The van der Waals surface area contributed by atoms with Crippen LogP contribution in [0.4, 0.5) is 0 Å². The van der Waals surface area contributed by atoms with Crippen molar-refractivity contribution in [3.63, 3.8) is 0 Å². The molecule has 0 aliphatic heterocycles.